The number of hydrogen-bond donors (Lipinski definition) is 2. The lowest BCUT2D eigenvalue weighted by molar-refractivity contribution is -0.0465. The Labute approximate surface area is 207 Å². The third-order valence-corrected chi connectivity index (χ3v) is 6.37. The number of aryl methyl sites for hydroxylation is 1. The lowest BCUT2D eigenvalue weighted by Crippen LogP contribution is -2.24. The van der Waals surface area contributed by atoms with Crippen LogP contribution in [0.3, 0.4) is 0 Å². The minimum atomic E-state index is -1.37. The number of aliphatic hydroxyl groups is 2. The van der Waals surface area contributed by atoms with E-state index in [1.54, 1.807) is 18.2 Å². The molecule has 0 unspecified atom stereocenters. The Kier molecular flexibility index (Phi) is 6.88. The number of nitrogens with zero attached hydrogens (tertiary/aromatic N) is 3. The summed E-state index contributed by atoms with van der Waals surface area (Å²) in [6.45, 7) is 0.443. The molecule has 0 saturated heterocycles. The molecule has 184 valence electrons. The summed E-state index contributed by atoms with van der Waals surface area (Å²) in [6, 6.07) is 21.2. The second-order valence-corrected chi connectivity index (χ2v) is 8.84. The summed E-state index contributed by atoms with van der Waals surface area (Å²) in [5, 5.41) is 23.0. The van der Waals surface area contributed by atoms with Crippen LogP contribution < -0.4 is 5.56 Å². The normalized spacial score (nSPS) is 15.3. The SMILES string of the molecule is O=c1c2ccc(C3=NOC[C@@H]3c3ccccc3)cc2nc(CCCCC(O)O)n1-c1ccc(F)cc1. The van der Waals surface area contributed by atoms with Crippen molar-refractivity contribution in [3.8, 4) is 5.69 Å². The van der Waals surface area contributed by atoms with Gasteiger partial charge in [-0.2, -0.15) is 0 Å². The van der Waals surface area contributed by atoms with Crippen LogP contribution in [0, 0.1) is 5.82 Å². The molecule has 4 aromatic rings. The van der Waals surface area contributed by atoms with Gasteiger partial charge >= 0.3 is 0 Å². The van der Waals surface area contributed by atoms with E-state index in [1.165, 1.54) is 16.7 Å². The van der Waals surface area contributed by atoms with Crippen LogP contribution in [0.1, 0.15) is 42.1 Å². The zero-order valence-electron chi connectivity index (χ0n) is 19.5. The van der Waals surface area contributed by atoms with Gasteiger partial charge in [-0.25, -0.2) is 9.37 Å². The molecule has 8 heteroatoms. The first kappa shape index (κ1) is 23.8. The molecule has 1 atom stereocenters. The van der Waals surface area contributed by atoms with Gasteiger partial charge in [-0.1, -0.05) is 41.6 Å². The van der Waals surface area contributed by atoms with Gasteiger partial charge in [0.25, 0.3) is 5.56 Å². The van der Waals surface area contributed by atoms with Gasteiger partial charge in [-0.15, -0.1) is 0 Å². The molecule has 3 aromatic carbocycles. The number of hydrogen-bond acceptors (Lipinski definition) is 6. The molecule has 0 radical (unpaired) electrons. The fourth-order valence-corrected chi connectivity index (χ4v) is 4.54. The minimum Gasteiger partial charge on any atom is -0.394 e. The fourth-order valence-electron chi connectivity index (χ4n) is 4.54. The van der Waals surface area contributed by atoms with Crippen LogP contribution in [0.15, 0.2) is 82.7 Å². The van der Waals surface area contributed by atoms with E-state index in [0.29, 0.717) is 48.3 Å². The summed E-state index contributed by atoms with van der Waals surface area (Å²) < 4.78 is 15.1. The fraction of sp³-hybridized carbons (Fsp3) is 0.250. The number of aromatic nitrogens is 2. The summed E-state index contributed by atoms with van der Waals surface area (Å²) in [4.78, 5) is 23.9. The van der Waals surface area contributed by atoms with Crippen molar-refractivity contribution in [2.24, 2.45) is 5.16 Å². The Hall–Kier alpha value is -3.88. The third kappa shape index (κ3) is 4.91. The molecule has 5 rings (SSSR count). The minimum absolute atomic E-state index is 0.0207. The highest BCUT2D eigenvalue weighted by Crippen LogP contribution is 2.28. The Morgan fingerprint density at radius 1 is 1.03 bits per heavy atom. The number of benzene rings is 3. The van der Waals surface area contributed by atoms with Gasteiger partial charge in [-0.05, 0) is 61.2 Å². The summed E-state index contributed by atoms with van der Waals surface area (Å²) in [6.07, 6.45) is 0.466. The molecule has 0 spiro atoms. The predicted octanol–water partition coefficient (Wildman–Crippen LogP) is 4.07. The van der Waals surface area contributed by atoms with Gasteiger partial charge in [0, 0.05) is 12.0 Å². The van der Waals surface area contributed by atoms with Crippen molar-refractivity contribution in [3.63, 3.8) is 0 Å². The molecule has 0 fully saturated rings. The highest BCUT2D eigenvalue weighted by atomic mass is 19.1. The van der Waals surface area contributed by atoms with E-state index in [4.69, 9.17) is 20.0 Å². The first-order valence-electron chi connectivity index (χ1n) is 11.9. The number of halogens is 1. The number of rotatable bonds is 8. The molecule has 2 N–H and O–H groups in total. The van der Waals surface area contributed by atoms with Crippen molar-refractivity contribution in [2.45, 2.75) is 37.9 Å². The molecule has 2 heterocycles. The first-order chi connectivity index (χ1) is 17.5. The molecule has 1 aliphatic heterocycles. The number of fused-ring (bicyclic) bond motifs is 1. The van der Waals surface area contributed by atoms with Crippen LogP contribution in [-0.4, -0.2) is 38.4 Å². The van der Waals surface area contributed by atoms with Gasteiger partial charge < -0.3 is 15.1 Å². The van der Waals surface area contributed by atoms with Crippen LogP contribution in [0.2, 0.25) is 0 Å². The van der Waals surface area contributed by atoms with Crippen molar-refractivity contribution in [2.75, 3.05) is 6.61 Å². The average molecular weight is 488 g/mol. The van der Waals surface area contributed by atoms with Crippen LogP contribution in [-0.2, 0) is 11.3 Å². The molecule has 0 saturated carbocycles. The summed E-state index contributed by atoms with van der Waals surface area (Å²) >= 11 is 0. The maximum Gasteiger partial charge on any atom is 0.265 e. The van der Waals surface area contributed by atoms with E-state index in [-0.39, 0.29) is 17.9 Å². The van der Waals surface area contributed by atoms with Crippen molar-refractivity contribution in [1.82, 2.24) is 9.55 Å². The van der Waals surface area contributed by atoms with Crippen molar-refractivity contribution >= 4 is 16.6 Å². The molecule has 36 heavy (non-hydrogen) atoms. The molecule has 1 aromatic heterocycles. The zero-order valence-corrected chi connectivity index (χ0v) is 19.5. The van der Waals surface area contributed by atoms with E-state index in [0.717, 1.165) is 16.8 Å². The van der Waals surface area contributed by atoms with Crippen LogP contribution >= 0.6 is 0 Å². The molecule has 7 nitrogen and oxygen atoms in total. The van der Waals surface area contributed by atoms with E-state index < -0.39 is 12.1 Å². The summed E-state index contributed by atoms with van der Waals surface area (Å²) in [5.74, 6) is 0.108. The number of aliphatic hydroxyl groups excluding tert-OH is 1. The quantitative estimate of drug-likeness (QED) is 0.289. The number of unbranched alkanes of at least 4 members (excludes halogenated alkanes) is 1. The van der Waals surface area contributed by atoms with Crippen LogP contribution in [0.4, 0.5) is 4.39 Å². The van der Waals surface area contributed by atoms with Gasteiger partial charge in [0.1, 0.15) is 18.2 Å². The van der Waals surface area contributed by atoms with Crippen LogP contribution in [0.25, 0.3) is 16.6 Å². The van der Waals surface area contributed by atoms with E-state index in [1.807, 2.05) is 42.5 Å². The predicted molar refractivity (Wildman–Crippen MR) is 135 cm³/mol. The summed E-state index contributed by atoms with van der Waals surface area (Å²) in [5.41, 5.74) is 3.52. The Morgan fingerprint density at radius 2 is 1.81 bits per heavy atom. The Bertz CT molecular complexity index is 1450. The molecular weight excluding hydrogens is 461 g/mol. The summed E-state index contributed by atoms with van der Waals surface area (Å²) in [7, 11) is 0. The molecular formula is C28H26FN3O4. The third-order valence-electron chi connectivity index (χ3n) is 6.37. The van der Waals surface area contributed by atoms with Gasteiger partial charge in [0.2, 0.25) is 0 Å². The van der Waals surface area contributed by atoms with E-state index >= 15 is 0 Å². The van der Waals surface area contributed by atoms with Gasteiger partial charge in [0.05, 0.1) is 28.2 Å². The topological polar surface area (TPSA) is 96.9 Å². The molecule has 1 aliphatic rings. The lowest BCUT2D eigenvalue weighted by Gasteiger charge is -2.15. The molecule has 0 amide bonds. The zero-order chi connectivity index (χ0) is 25.1. The number of oxime groups is 1. The van der Waals surface area contributed by atoms with Gasteiger partial charge in [0.15, 0.2) is 6.29 Å². The van der Waals surface area contributed by atoms with Crippen molar-refractivity contribution in [1.29, 1.82) is 0 Å². The van der Waals surface area contributed by atoms with E-state index in [2.05, 4.69) is 5.16 Å². The van der Waals surface area contributed by atoms with Crippen LogP contribution in [0.5, 0.6) is 0 Å². The second kappa shape index (κ2) is 10.4. The lowest BCUT2D eigenvalue weighted by atomic mass is 9.91. The Morgan fingerprint density at radius 3 is 2.56 bits per heavy atom. The van der Waals surface area contributed by atoms with Crippen molar-refractivity contribution < 1.29 is 19.4 Å². The monoisotopic (exact) mass is 487 g/mol. The molecule has 0 bridgehead atoms. The maximum atomic E-state index is 13.6. The van der Waals surface area contributed by atoms with E-state index in [9.17, 15) is 9.18 Å². The Balaban J connectivity index is 1.56. The van der Waals surface area contributed by atoms with Gasteiger partial charge in [-0.3, -0.25) is 9.36 Å². The highest BCUT2D eigenvalue weighted by Gasteiger charge is 2.27. The van der Waals surface area contributed by atoms with Crippen molar-refractivity contribution in [3.05, 3.63) is 106 Å². The standard InChI is InChI=1S/C28H26FN3O4/c29-20-11-13-21(14-12-20)32-25(8-4-5-9-26(33)34)30-24-16-19(10-15-22(24)28(32)35)27-23(17-36-31-27)18-6-2-1-3-7-18/h1-3,6-7,10-16,23,26,33-34H,4-5,8-9,17H2/t23-/m1/s1. The second-order valence-electron chi connectivity index (χ2n) is 8.84. The maximum absolute atomic E-state index is 13.6. The smallest absolute Gasteiger partial charge is 0.265 e. The highest BCUT2D eigenvalue weighted by molar-refractivity contribution is 6.07. The molecule has 0 aliphatic carbocycles. The average Bonchev–Trinajstić information content (AvgIpc) is 3.38. The largest absolute Gasteiger partial charge is 0.394 e. The first-order valence-corrected chi connectivity index (χ1v) is 11.9.